The quantitative estimate of drug-likeness (QED) is 0.429. The minimum atomic E-state index is 0.306. The molecule has 0 bridgehead atoms. The molecule has 8 nitrogen and oxygen atoms in total. The van der Waals surface area contributed by atoms with Crippen molar-refractivity contribution in [2.24, 2.45) is 0 Å². The maximum absolute atomic E-state index is 6.24. The molecule has 4 heterocycles. The first-order chi connectivity index (χ1) is 16.3. The van der Waals surface area contributed by atoms with Crippen LogP contribution in [0.4, 0.5) is 16.9 Å². The van der Waals surface area contributed by atoms with E-state index in [0.717, 1.165) is 56.4 Å². The van der Waals surface area contributed by atoms with Crippen LogP contribution in [0.3, 0.4) is 0 Å². The van der Waals surface area contributed by atoms with Crippen molar-refractivity contribution in [2.45, 2.75) is 40.2 Å². The van der Waals surface area contributed by atoms with Crippen LogP contribution < -0.4 is 20.7 Å². The molecule has 1 aromatic carbocycles. The third-order valence-corrected chi connectivity index (χ3v) is 6.94. The molecular weight excluding hydrogens is 446 g/mol. The molecule has 9 heteroatoms. The highest BCUT2D eigenvalue weighted by molar-refractivity contribution is 7.21. The molecule has 1 aliphatic rings. The summed E-state index contributed by atoms with van der Waals surface area (Å²) in [5, 5.41) is 3.63. The number of nitrogens with two attached hydrogens (primary N) is 1. The molecule has 0 radical (unpaired) electrons. The van der Waals surface area contributed by atoms with Crippen LogP contribution in [0.2, 0.25) is 0 Å². The molecule has 0 amide bonds. The Morgan fingerprint density at radius 1 is 1.12 bits per heavy atom. The van der Waals surface area contributed by atoms with Crippen molar-refractivity contribution in [2.75, 3.05) is 36.1 Å². The highest BCUT2D eigenvalue weighted by atomic mass is 32.1. The number of nitrogen functional groups attached to an aromatic ring is 1. The van der Waals surface area contributed by atoms with Crippen molar-refractivity contribution in [1.29, 1.82) is 0 Å². The zero-order chi connectivity index (χ0) is 24.0. The van der Waals surface area contributed by atoms with Crippen molar-refractivity contribution in [3.63, 3.8) is 0 Å². The van der Waals surface area contributed by atoms with Gasteiger partial charge in [0.1, 0.15) is 28.5 Å². The summed E-state index contributed by atoms with van der Waals surface area (Å²) in [5.41, 5.74) is 13.2. The van der Waals surface area contributed by atoms with E-state index in [-0.39, 0.29) is 0 Å². The lowest BCUT2D eigenvalue weighted by Crippen LogP contribution is -2.28. The van der Waals surface area contributed by atoms with E-state index in [1.54, 1.807) is 0 Å². The van der Waals surface area contributed by atoms with Gasteiger partial charge in [-0.25, -0.2) is 15.0 Å². The Balaban J connectivity index is 1.58. The molecule has 5 rings (SSSR count). The third kappa shape index (κ3) is 4.00. The first-order valence-corrected chi connectivity index (χ1v) is 12.3. The Labute approximate surface area is 203 Å². The molecule has 3 aromatic heterocycles. The van der Waals surface area contributed by atoms with E-state index in [9.17, 15) is 0 Å². The van der Waals surface area contributed by atoms with Crippen molar-refractivity contribution in [1.82, 2.24) is 19.9 Å². The predicted octanol–water partition coefficient (Wildman–Crippen LogP) is 4.91. The minimum Gasteiger partial charge on any atom is -0.491 e. The van der Waals surface area contributed by atoms with Crippen molar-refractivity contribution >= 4 is 38.6 Å². The van der Waals surface area contributed by atoms with Gasteiger partial charge in [0.15, 0.2) is 5.13 Å². The molecular formula is C25H29N7OS. The van der Waals surface area contributed by atoms with E-state index < -0.39 is 0 Å². The van der Waals surface area contributed by atoms with Crippen LogP contribution >= 0.6 is 11.3 Å². The van der Waals surface area contributed by atoms with Crippen LogP contribution in [0.15, 0.2) is 24.4 Å². The van der Waals surface area contributed by atoms with Gasteiger partial charge >= 0.3 is 0 Å². The van der Waals surface area contributed by atoms with Gasteiger partial charge < -0.3 is 20.7 Å². The van der Waals surface area contributed by atoms with Gasteiger partial charge in [-0.05, 0) is 49.1 Å². The molecule has 0 saturated heterocycles. The summed E-state index contributed by atoms with van der Waals surface area (Å²) in [6, 6.07) is 6.40. The third-order valence-electron chi connectivity index (χ3n) is 6.13. The van der Waals surface area contributed by atoms with Gasteiger partial charge in [-0.15, -0.1) is 0 Å². The molecule has 0 aliphatic carbocycles. The second-order valence-corrected chi connectivity index (χ2v) is 9.94. The molecule has 0 atom stereocenters. The van der Waals surface area contributed by atoms with E-state index in [1.807, 2.05) is 13.2 Å². The van der Waals surface area contributed by atoms with E-state index in [2.05, 4.69) is 71.1 Å². The molecule has 0 fully saturated rings. The van der Waals surface area contributed by atoms with E-state index in [0.29, 0.717) is 30.1 Å². The van der Waals surface area contributed by atoms with Crippen LogP contribution in [0.5, 0.6) is 5.75 Å². The summed E-state index contributed by atoms with van der Waals surface area (Å²) >= 11 is 1.40. The lowest BCUT2D eigenvalue weighted by molar-refractivity contribution is 0.329. The van der Waals surface area contributed by atoms with Crippen molar-refractivity contribution < 1.29 is 4.74 Å². The number of fused-ring (bicyclic) bond motifs is 2. The maximum atomic E-state index is 6.24. The predicted molar refractivity (Wildman–Crippen MR) is 139 cm³/mol. The van der Waals surface area contributed by atoms with E-state index >= 15 is 0 Å². The number of aromatic nitrogens is 4. The maximum Gasteiger partial charge on any atom is 0.224 e. The highest BCUT2D eigenvalue weighted by Gasteiger charge is 2.24. The molecule has 0 spiro atoms. The minimum absolute atomic E-state index is 0.306. The Hall–Kier alpha value is -3.46. The molecule has 176 valence electrons. The van der Waals surface area contributed by atoms with Crippen LogP contribution in [0.25, 0.3) is 21.5 Å². The number of benzene rings is 1. The lowest BCUT2D eigenvalue weighted by Gasteiger charge is -2.26. The van der Waals surface area contributed by atoms with Gasteiger partial charge in [-0.1, -0.05) is 25.2 Å². The van der Waals surface area contributed by atoms with E-state index in [4.69, 9.17) is 15.5 Å². The van der Waals surface area contributed by atoms with Crippen LogP contribution in [0, 0.1) is 13.8 Å². The molecule has 34 heavy (non-hydrogen) atoms. The Bertz CT molecular complexity index is 1380. The average molecular weight is 476 g/mol. The van der Waals surface area contributed by atoms with Gasteiger partial charge in [0.05, 0.1) is 6.54 Å². The standard InChI is InChI=1S/C25H29N7OS/c1-13(2)20-15(4)29-25(27-5)31-22(20)32-6-7-33-21-14(3)8-16(9-18(21)12-32)17-10-19-23(28-11-17)34-24(26)30-19/h8-11,13H,6-7,12H2,1-5H3,(H2,26,30)(H,27,29,31). The number of ether oxygens (including phenoxy) is 1. The summed E-state index contributed by atoms with van der Waals surface area (Å²) in [6.07, 6.45) is 1.89. The first kappa shape index (κ1) is 22.3. The summed E-state index contributed by atoms with van der Waals surface area (Å²) in [7, 11) is 1.85. The van der Waals surface area contributed by atoms with Crippen molar-refractivity contribution in [3.8, 4) is 16.9 Å². The molecule has 0 unspecified atom stereocenters. The number of hydrogen-bond acceptors (Lipinski definition) is 9. The normalized spacial score (nSPS) is 13.6. The topological polar surface area (TPSA) is 102 Å². The summed E-state index contributed by atoms with van der Waals surface area (Å²) < 4.78 is 6.24. The van der Waals surface area contributed by atoms with Gasteiger partial charge in [0.2, 0.25) is 5.95 Å². The average Bonchev–Trinajstić information content (AvgIpc) is 3.03. The number of rotatable bonds is 4. The molecule has 0 saturated carbocycles. The Morgan fingerprint density at radius 2 is 1.94 bits per heavy atom. The summed E-state index contributed by atoms with van der Waals surface area (Å²) in [6.45, 7) is 10.6. The van der Waals surface area contributed by atoms with Gasteiger partial charge in [0.25, 0.3) is 0 Å². The van der Waals surface area contributed by atoms with E-state index in [1.165, 1.54) is 16.9 Å². The number of aryl methyl sites for hydroxylation is 2. The molecule has 4 aromatic rings. The van der Waals surface area contributed by atoms with Crippen LogP contribution in [-0.2, 0) is 6.54 Å². The smallest absolute Gasteiger partial charge is 0.224 e. The van der Waals surface area contributed by atoms with Gasteiger partial charge in [-0.3, -0.25) is 0 Å². The van der Waals surface area contributed by atoms with Crippen LogP contribution in [0.1, 0.15) is 42.1 Å². The fourth-order valence-corrected chi connectivity index (χ4v) is 5.31. The Kier molecular flexibility index (Phi) is 5.73. The van der Waals surface area contributed by atoms with Gasteiger partial charge in [0, 0.05) is 42.2 Å². The van der Waals surface area contributed by atoms with Crippen LogP contribution in [-0.4, -0.2) is 40.1 Å². The van der Waals surface area contributed by atoms with Gasteiger partial charge in [-0.2, -0.15) is 4.98 Å². The number of anilines is 3. The SMILES string of the molecule is CNc1nc(C)c(C(C)C)c(N2CCOc3c(C)cc(-c4cnc5sc(N)nc5c4)cc3C2)n1. The zero-order valence-corrected chi connectivity index (χ0v) is 21.0. The number of nitrogens with zero attached hydrogens (tertiary/aromatic N) is 5. The lowest BCUT2D eigenvalue weighted by atomic mass is 9.99. The largest absolute Gasteiger partial charge is 0.491 e. The Morgan fingerprint density at radius 3 is 2.71 bits per heavy atom. The second kappa shape index (κ2) is 8.72. The molecule has 3 N–H and O–H groups in total. The number of pyridine rings is 1. The first-order valence-electron chi connectivity index (χ1n) is 11.4. The summed E-state index contributed by atoms with van der Waals surface area (Å²) in [4.78, 5) is 21.6. The molecule has 1 aliphatic heterocycles. The second-order valence-electron chi connectivity index (χ2n) is 8.93. The summed E-state index contributed by atoms with van der Waals surface area (Å²) in [5.74, 6) is 2.85. The highest BCUT2D eigenvalue weighted by Crippen LogP contribution is 2.37. The fourth-order valence-electron chi connectivity index (χ4n) is 4.65. The zero-order valence-electron chi connectivity index (χ0n) is 20.1. The number of nitrogens with one attached hydrogen (secondary N) is 1. The monoisotopic (exact) mass is 475 g/mol. The fraction of sp³-hybridized carbons (Fsp3) is 0.360. The number of thiazole rings is 1. The number of hydrogen-bond donors (Lipinski definition) is 2. The van der Waals surface area contributed by atoms with Crippen molar-refractivity contribution in [3.05, 3.63) is 46.8 Å².